The van der Waals surface area contributed by atoms with Gasteiger partial charge >= 0.3 is 11.9 Å². The molecule has 0 saturated carbocycles. The summed E-state index contributed by atoms with van der Waals surface area (Å²) in [6.45, 7) is 13.2. The van der Waals surface area contributed by atoms with Crippen LogP contribution in [0, 0.1) is 5.92 Å². The van der Waals surface area contributed by atoms with Crippen molar-refractivity contribution in [3.63, 3.8) is 0 Å². The Hall–Kier alpha value is -2.71. The first-order valence-corrected chi connectivity index (χ1v) is 22.8. The Labute approximate surface area is 345 Å². The van der Waals surface area contributed by atoms with Gasteiger partial charge in [-0.3, -0.25) is 14.4 Å². The highest BCUT2D eigenvalue weighted by molar-refractivity contribution is 5.69. The van der Waals surface area contributed by atoms with E-state index in [0.717, 1.165) is 90.3 Å². The Balaban J connectivity index is 0. The lowest BCUT2D eigenvalue weighted by Gasteiger charge is -2.19. The monoisotopic (exact) mass is 790 g/mol. The maximum atomic E-state index is 12.5. The van der Waals surface area contributed by atoms with Gasteiger partial charge in [-0.05, 0) is 96.6 Å². The van der Waals surface area contributed by atoms with E-state index in [-0.39, 0.29) is 37.5 Å². The molecule has 8 nitrogen and oxygen atoms in total. The number of nitrogens with zero attached hydrogens (tertiary/aromatic N) is 1. The third-order valence-corrected chi connectivity index (χ3v) is 9.63. The molecule has 1 N–H and O–H groups in total. The van der Waals surface area contributed by atoms with Crippen molar-refractivity contribution in [3.8, 4) is 0 Å². The van der Waals surface area contributed by atoms with Gasteiger partial charge in [-0.2, -0.15) is 0 Å². The molecule has 0 atom stereocenters. The molecule has 0 unspecified atom stereocenters. The topological polar surface area (TPSA) is 102 Å². The van der Waals surface area contributed by atoms with E-state index in [1.54, 1.807) is 0 Å². The second-order valence-corrected chi connectivity index (χ2v) is 14.8. The van der Waals surface area contributed by atoms with Crippen LogP contribution in [0.2, 0.25) is 0 Å². The Morgan fingerprint density at radius 3 is 1.29 bits per heavy atom. The molecular formula is C48H87NO7. The number of ether oxygens (including phenoxy) is 3. The number of hydrogen-bond donors (Lipinski definition) is 1. The van der Waals surface area contributed by atoms with Crippen LogP contribution in [0.1, 0.15) is 188 Å². The second-order valence-electron chi connectivity index (χ2n) is 14.8. The van der Waals surface area contributed by atoms with Gasteiger partial charge in [-0.1, -0.05) is 141 Å². The Morgan fingerprint density at radius 1 is 0.518 bits per heavy atom. The van der Waals surface area contributed by atoms with Crippen LogP contribution in [0.25, 0.3) is 0 Å². The molecule has 0 heterocycles. The van der Waals surface area contributed by atoms with E-state index in [0.29, 0.717) is 26.1 Å². The molecule has 8 heteroatoms. The molecule has 0 aliphatic carbocycles. The van der Waals surface area contributed by atoms with Gasteiger partial charge in [0, 0.05) is 26.0 Å². The fraction of sp³-hybridized carbons (Fsp3) is 0.771. The predicted octanol–water partition coefficient (Wildman–Crippen LogP) is 12.8. The normalized spacial score (nSPS) is 11.8. The molecule has 0 aromatic heterocycles. The Bertz CT molecular complexity index is 895. The SMILES string of the molecule is CCCCC/C=C\C/C=C\CCCCCCCC(=O)OCC(COCCCN(CC)CC)COC(=O)CCCCCCC/C=C\C/C=C\CCCCC.O=CO. The molecule has 0 aliphatic rings. The fourth-order valence-corrected chi connectivity index (χ4v) is 6.05. The quantitative estimate of drug-likeness (QED) is 0.0283. The number of rotatable bonds is 40. The molecule has 0 rings (SSSR count). The first kappa shape index (κ1) is 55.4. The summed E-state index contributed by atoms with van der Waals surface area (Å²) >= 11 is 0. The number of esters is 2. The molecular weight excluding hydrogens is 703 g/mol. The summed E-state index contributed by atoms with van der Waals surface area (Å²) in [6, 6.07) is 0. The number of carbonyl (C=O) groups excluding carboxylic acids is 2. The van der Waals surface area contributed by atoms with E-state index in [1.807, 2.05) is 0 Å². The highest BCUT2D eigenvalue weighted by Gasteiger charge is 2.16. The predicted molar refractivity (Wildman–Crippen MR) is 236 cm³/mol. The average molecular weight is 790 g/mol. The van der Waals surface area contributed by atoms with Crippen molar-refractivity contribution >= 4 is 18.4 Å². The van der Waals surface area contributed by atoms with Crippen molar-refractivity contribution in [3.05, 3.63) is 48.6 Å². The largest absolute Gasteiger partial charge is 0.483 e. The molecule has 56 heavy (non-hydrogen) atoms. The van der Waals surface area contributed by atoms with Crippen LogP contribution in [0.4, 0.5) is 0 Å². The third kappa shape index (κ3) is 45.7. The zero-order chi connectivity index (χ0) is 41.4. The maximum Gasteiger partial charge on any atom is 0.305 e. The lowest BCUT2D eigenvalue weighted by molar-refractivity contribution is -0.150. The zero-order valence-electron chi connectivity index (χ0n) is 36.7. The van der Waals surface area contributed by atoms with E-state index in [2.05, 4.69) is 81.2 Å². The van der Waals surface area contributed by atoms with Gasteiger partial charge in [-0.25, -0.2) is 0 Å². The van der Waals surface area contributed by atoms with Gasteiger partial charge in [0.05, 0.1) is 25.7 Å². The van der Waals surface area contributed by atoms with Crippen LogP contribution >= 0.6 is 0 Å². The van der Waals surface area contributed by atoms with Gasteiger partial charge < -0.3 is 24.2 Å². The van der Waals surface area contributed by atoms with E-state index >= 15 is 0 Å². The van der Waals surface area contributed by atoms with Crippen molar-refractivity contribution in [2.75, 3.05) is 46.1 Å². The molecule has 0 aromatic rings. The van der Waals surface area contributed by atoms with Gasteiger partial charge in [0.25, 0.3) is 6.47 Å². The summed E-state index contributed by atoms with van der Waals surface area (Å²) < 4.78 is 17.2. The molecule has 0 saturated heterocycles. The van der Waals surface area contributed by atoms with E-state index in [4.69, 9.17) is 24.1 Å². The Kier molecular flexibility index (Phi) is 47.9. The van der Waals surface area contributed by atoms with Crippen molar-refractivity contribution in [1.29, 1.82) is 0 Å². The fourth-order valence-electron chi connectivity index (χ4n) is 6.05. The standard InChI is InChI=1S/C47H85NO5.CH2O2/c1-5-9-11-13-15-17-19-21-23-25-27-29-31-33-35-38-46(49)52-43-45(42-51-41-37-40-48(7-3)8-4)44-53-47(50)39-36-34-32-30-28-26-24-22-20-18-16-14-12-10-6-2;2-1-3/h15-18,21-24,45H,5-14,19-20,25-44H2,1-4H3;1H,(H,2,3)/b17-15-,18-16-,23-21-,24-22-;. The van der Waals surface area contributed by atoms with Crippen LogP contribution in [0.5, 0.6) is 0 Å². The third-order valence-electron chi connectivity index (χ3n) is 9.63. The van der Waals surface area contributed by atoms with E-state index in [1.165, 1.54) is 77.0 Å². The van der Waals surface area contributed by atoms with Crippen LogP contribution in [-0.2, 0) is 28.6 Å². The first-order chi connectivity index (χ1) is 27.5. The molecule has 0 radical (unpaired) electrons. The van der Waals surface area contributed by atoms with Crippen molar-refractivity contribution < 1.29 is 33.7 Å². The van der Waals surface area contributed by atoms with Crippen LogP contribution in [0.3, 0.4) is 0 Å². The van der Waals surface area contributed by atoms with E-state index < -0.39 is 0 Å². The number of unbranched alkanes of at least 4 members (excludes halogenated alkanes) is 16. The molecule has 0 aliphatic heterocycles. The molecule has 326 valence electrons. The lowest BCUT2D eigenvalue weighted by Crippen LogP contribution is -2.27. The number of carbonyl (C=O) groups is 3. The van der Waals surface area contributed by atoms with Gasteiger partial charge in [-0.15, -0.1) is 0 Å². The van der Waals surface area contributed by atoms with Gasteiger partial charge in [0.1, 0.15) is 0 Å². The molecule has 0 aromatic carbocycles. The summed E-state index contributed by atoms with van der Waals surface area (Å²) in [5.41, 5.74) is 0. The molecule has 0 bridgehead atoms. The van der Waals surface area contributed by atoms with Crippen molar-refractivity contribution in [2.45, 2.75) is 188 Å². The summed E-state index contributed by atoms with van der Waals surface area (Å²) in [5, 5.41) is 6.89. The molecule has 0 spiro atoms. The van der Waals surface area contributed by atoms with Crippen molar-refractivity contribution in [2.24, 2.45) is 5.92 Å². The Morgan fingerprint density at radius 2 is 0.893 bits per heavy atom. The lowest BCUT2D eigenvalue weighted by atomic mass is 10.1. The summed E-state index contributed by atoms with van der Waals surface area (Å²) in [7, 11) is 0. The minimum atomic E-state index is -0.250. The van der Waals surface area contributed by atoms with Crippen molar-refractivity contribution in [1.82, 2.24) is 4.90 Å². The van der Waals surface area contributed by atoms with Gasteiger partial charge in [0.15, 0.2) is 0 Å². The summed E-state index contributed by atoms with van der Waals surface area (Å²) in [6.07, 6.45) is 45.6. The van der Waals surface area contributed by atoms with Crippen LogP contribution < -0.4 is 0 Å². The van der Waals surface area contributed by atoms with E-state index in [9.17, 15) is 9.59 Å². The average Bonchev–Trinajstić information content (AvgIpc) is 3.20. The minimum Gasteiger partial charge on any atom is -0.483 e. The first-order valence-electron chi connectivity index (χ1n) is 22.8. The van der Waals surface area contributed by atoms with Crippen LogP contribution in [-0.4, -0.2) is 74.5 Å². The smallest absolute Gasteiger partial charge is 0.305 e. The minimum absolute atomic E-state index is 0.148. The maximum absolute atomic E-state index is 12.5. The zero-order valence-corrected chi connectivity index (χ0v) is 36.7. The summed E-state index contributed by atoms with van der Waals surface area (Å²) in [5.74, 6) is -0.483. The van der Waals surface area contributed by atoms with Crippen LogP contribution in [0.15, 0.2) is 48.6 Å². The second kappa shape index (κ2) is 48.4. The molecule has 0 fully saturated rings. The number of carboxylic acid groups (broad SMARTS) is 1. The number of allylic oxidation sites excluding steroid dienone is 8. The molecule has 0 amide bonds. The summed E-state index contributed by atoms with van der Waals surface area (Å²) in [4.78, 5) is 35.8. The highest BCUT2D eigenvalue weighted by atomic mass is 16.6. The highest BCUT2D eigenvalue weighted by Crippen LogP contribution is 2.12. The number of hydrogen-bond acceptors (Lipinski definition) is 7. The van der Waals surface area contributed by atoms with Gasteiger partial charge in [0.2, 0.25) is 0 Å².